The van der Waals surface area contributed by atoms with E-state index in [4.69, 9.17) is 13.9 Å². The third kappa shape index (κ3) is 3.28. The second kappa shape index (κ2) is 6.52. The molecule has 5 heteroatoms. The van der Waals surface area contributed by atoms with Crippen LogP contribution in [-0.2, 0) is 25.1 Å². The summed E-state index contributed by atoms with van der Waals surface area (Å²) in [6.45, 7) is 3.30. The van der Waals surface area contributed by atoms with Crippen LogP contribution in [-0.4, -0.2) is 42.2 Å². The zero-order valence-electron chi connectivity index (χ0n) is 11.5. The molecule has 2 saturated heterocycles. The summed E-state index contributed by atoms with van der Waals surface area (Å²) in [5.74, 6) is 1.08. The maximum atomic E-state index is 11.9. The van der Waals surface area contributed by atoms with E-state index in [1.807, 2.05) is 30.3 Å². The number of ether oxygens (including phenoxy) is 2. The highest BCUT2D eigenvalue weighted by Crippen LogP contribution is 2.36. The first kappa shape index (κ1) is 13.8. The molecular formula is C15H20O4Si. The number of hydrogen-bond donors (Lipinski definition) is 0. The minimum atomic E-state index is -0.862. The molecule has 0 unspecified atom stereocenters. The van der Waals surface area contributed by atoms with Gasteiger partial charge in [0.1, 0.15) is 0 Å². The van der Waals surface area contributed by atoms with Crippen LogP contribution < -0.4 is 0 Å². The Morgan fingerprint density at radius 2 is 1.75 bits per heavy atom. The third-order valence-electron chi connectivity index (χ3n) is 4.17. The largest absolute Gasteiger partial charge is 0.524 e. The summed E-state index contributed by atoms with van der Waals surface area (Å²) in [5, 5.41) is 0. The molecule has 108 valence electrons. The fourth-order valence-corrected chi connectivity index (χ4v) is 4.23. The summed E-state index contributed by atoms with van der Waals surface area (Å²) < 4.78 is 16.2. The molecule has 2 fully saturated rings. The van der Waals surface area contributed by atoms with E-state index in [0.29, 0.717) is 23.8 Å². The average molecular weight is 292 g/mol. The Kier molecular flexibility index (Phi) is 4.50. The van der Waals surface area contributed by atoms with Crippen LogP contribution in [0, 0.1) is 11.8 Å². The maximum absolute atomic E-state index is 11.9. The highest BCUT2D eigenvalue weighted by Gasteiger charge is 2.39. The Balaban J connectivity index is 1.48. The molecule has 0 radical (unpaired) electrons. The predicted molar refractivity (Wildman–Crippen MR) is 77.2 cm³/mol. The van der Waals surface area contributed by atoms with Gasteiger partial charge in [0.15, 0.2) is 0 Å². The lowest BCUT2D eigenvalue weighted by molar-refractivity contribution is -0.134. The Morgan fingerprint density at radius 3 is 2.25 bits per heavy atom. The van der Waals surface area contributed by atoms with Gasteiger partial charge in [-0.15, -0.1) is 0 Å². The molecule has 2 aliphatic rings. The van der Waals surface area contributed by atoms with Crippen LogP contribution >= 0.6 is 0 Å². The molecule has 0 bridgehead atoms. The van der Waals surface area contributed by atoms with Gasteiger partial charge in [-0.1, -0.05) is 30.3 Å². The molecule has 0 aromatic heterocycles. The lowest BCUT2D eigenvalue weighted by Crippen LogP contribution is -2.44. The van der Waals surface area contributed by atoms with Crippen molar-refractivity contribution < 1.29 is 18.7 Å². The van der Waals surface area contributed by atoms with E-state index in [1.165, 1.54) is 0 Å². The first-order valence-electron chi connectivity index (χ1n) is 7.18. The van der Waals surface area contributed by atoms with Crippen LogP contribution in [0.4, 0.5) is 0 Å². The lowest BCUT2D eigenvalue weighted by Gasteiger charge is -2.41. The van der Waals surface area contributed by atoms with Crippen molar-refractivity contribution in [2.24, 2.45) is 11.8 Å². The van der Waals surface area contributed by atoms with Crippen LogP contribution in [0.15, 0.2) is 30.3 Å². The first-order valence-corrected chi connectivity index (χ1v) is 8.57. The molecule has 0 aliphatic carbocycles. The second-order valence-corrected chi connectivity index (χ2v) is 7.17. The van der Waals surface area contributed by atoms with E-state index >= 15 is 0 Å². The number of benzene rings is 1. The van der Waals surface area contributed by atoms with Gasteiger partial charge in [-0.25, -0.2) is 0 Å². The average Bonchev–Trinajstić information content (AvgIpc) is 2.33. The minimum Gasteiger partial charge on any atom is -0.524 e. The zero-order chi connectivity index (χ0) is 13.8. The van der Waals surface area contributed by atoms with Crippen LogP contribution in [0.5, 0.6) is 0 Å². The minimum absolute atomic E-state index is 0.0895. The third-order valence-corrected chi connectivity index (χ3v) is 6.37. The standard InChI is InChI=1S/C15H20O4Si/c16-14(6-11-4-2-1-3-5-11)19-20-15(12-7-17-8-12)13-9-18-10-13/h1-5,12-13,15H,6-10,20H2. The summed E-state index contributed by atoms with van der Waals surface area (Å²) in [7, 11) is -0.862. The molecule has 2 aliphatic heterocycles. The topological polar surface area (TPSA) is 44.8 Å². The molecule has 0 N–H and O–H groups in total. The lowest BCUT2D eigenvalue weighted by atomic mass is 9.91. The van der Waals surface area contributed by atoms with Crippen LogP contribution in [0.2, 0.25) is 5.54 Å². The van der Waals surface area contributed by atoms with Gasteiger partial charge in [0.2, 0.25) is 9.76 Å². The maximum Gasteiger partial charge on any atom is 0.296 e. The van der Waals surface area contributed by atoms with Crippen molar-refractivity contribution in [2.45, 2.75) is 12.0 Å². The van der Waals surface area contributed by atoms with Crippen LogP contribution in [0.25, 0.3) is 0 Å². The van der Waals surface area contributed by atoms with E-state index in [0.717, 1.165) is 32.0 Å². The van der Waals surface area contributed by atoms with Gasteiger partial charge < -0.3 is 13.9 Å². The molecule has 20 heavy (non-hydrogen) atoms. The number of carbonyl (C=O) groups is 1. The highest BCUT2D eigenvalue weighted by molar-refractivity contribution is 6.33. The zero-order valence-corrected chi connectivity index (χ0v) is 12.9. The summed E-state index contributed by atoms with van der Waals surface area (Å²) >= 11 is 0. The molecule has 1 aromatic carbocycles. The molecule has 0 saturated carbocycles. The fourth-order valence-electron chi connectivity index (χ4n) is 2.66. The predicted octanol–water partition coefficient (Wildman–Crippen LogP) is 0.937. The van der Waals surface area contributed by atoms with Crippen LogP contribution in [0.3, 0.4) is 0 Å². The van der Waals surface area contributed by atoms with Gasteiger partial charge in [-0.3, -0.25) is 4.79 Å². The van der Waals surface area contributed by atoms with E-state index in [2.05, 4.69) is 0 Å². The quantitative estimate of drug-likeness (QED) is 0.732. The molecule has 0 atom stereocenters. The van der Waals surface area contributed by atoms with Crippen LogP contribution in [0.1, 0.15) is 5.56 Å². The Bertz CT molecular complexity index is 428. The first-order chi connectivity index (χ1) is 9.83. The Labute approximate surface area is 121 Å². The molecule has 2 heterocycles. The van der Waals surface area contributed by atoms with Crippen molar-refractivity contribution in [3.05, 3.63) is 35.9 Å². The molecule has 0 spiro atoms. The molecule has 3 rings (SSSR count). The van der Waals surface area contributed by atoms with Gasteiger partial charge in [0.05, 0.1) is 32.8 Å². The smallest absolute Gasteiger partial charge is 0.296 e. The van der Waals surface area contributed by atoms with Crippen molar-refractivity contribution in [2.75, 3.05) is 26.4 Å². The second-order valence-electron chi connectivity index (χ2n) is 5.60. The van der Waals surface area contributed by atoms with E-state index < -0.39 is 9.76 Å². The fraction of sp³-hybridized carbons (Fsp3) is 0.533. The summed E-state index contributed by atoms with van der Waals surface area (Å²) in [4.78, 5) is 11.9. The van der Waals surface area contributed by atoms with Gasteiger partial charge >= 0.3 is 0 Å². The number of rotatable bonds is 6. The molecular weight excluding hydrogens is 272 g/mol. The van der Waals surface area contributed by atoms with Crippen molar-refractivity contribution in [1.82, 2.24) is 0 Å². The van der Waals surface area contributed by atoms with Crippen molar-refractivity contribution >= 4 is 15.7 Å². The molecule has 0 amide bonds. The SMILES string of the molecule is O=C(Cc1ccccc1)O[SiH2]C(C1COC1)C1COC1. The van der Waals surface area contributed by atoms with Gasteiger partial charge in [-0.05, 0) is 11.1 Å². The van der Waals surface area contributed by atoms with Gasteiger partial charge in [-0.2, -0.15) is 0 Å². The Morgan fingerprint density at radius 1 is 1.15 bits per heavy atom. The van der Waals surface area contributed by atoms with E-state index in [-0.39, 0.29) is 5.97 Å². The van der Waals surface area contributed by atoms with Gasteiger partial charge in [0, 0.05) is 11.8 Å². The Hall–Kier alpha value is -1.17. The van der Waals surface area contributed by atoms with Gasteiger partial charge in [0.25, 0.3) is 5.97 Å². The van der Waals surface area contributed by atoms with Crippen molar-refractivity contribution in [1.29, 1.82) is 0 Å². The normalized spacial score (nSPS) is 20.1. The monoisotopic (exact) mass is 292 g/mol. The van der Waals surface area contributed by atoms with E-state index in [1.54, 1.807) is 0 Å². The van der Waals surface area contributed by atoms with Crippen molar-refractivity contribution in [3.8, 4) is 0 Å². The summed E-state index contributed by atoms with van der Waals surface area (Å²) in [5.41, 5.74) is 1.54. The van der Waals surface area contributed by atoms with Crippen molar-refractivity contribution in [3.63, 3.8) is 0 Å². The number of hydrogen-bond acceptors (Lipinski definition) is 4. The summed E-state index contributed by atoms with van der Waals surface area (Å²) in [6, 6.07) is 9.76. The van der Waals surface area contributed by atoms with E-state index in [9.17, 15) is 4.79 Å². The summed E-state index contributed by atoms with van der Waals surface area (Å²) in [6.07, 6.45) is 0.378. The molecule has 1 aromatic rings. The highest BCUT2D eigenvalue weighted by atomic mass is 28.2. The number of carbonyl (C=O) groups excluding carboxylic acids is 1. The molecule has 4 nitrogen and oxygen atoms in total.